The van der Waals surface area contributed by atoms with Gasteiger partial charge in [0.15, 0.2) is 5.16 Å². The van der Waals surface area contributed by atoms with Gasteiger partial charge in [-0.2, -0.15) is 0 Å². The second kappa shape index (κ2) is 8.19. The summed E-state index contributed by atoms with van der Waals surface area (Å²) < 4.78 is 7.26. The third kappa shape index (κ3) is 3.83. The predicted molar refractivity (Wildman–Crippen MR) is 123 cm³/mol. The summed E-state index contributed by atoms with van der Waals surface area (Å²) in [6.45, 7) is 4.66. The number of nitrogens with zero attached hydrogens (tertiary/aromatic N) is 3. The lowest BCUT2D eigenvalue weighted by Gasteiger charge is -2.15. The van der Waals surface area contributed by atoms with Crippen LogP contribution in [0.3, 0.4) is 0 Å². The molecule has 1 unspecified atom stereocenters. The van der Waals surface area contributed by atoms with Crippen LogP contribution in [0, 0.1) is 13.8 Å². The van der Waals surface area contributed by atoms with E-state index in [1.54, 1.807) is 0 Å². The van der Waals surface area contributed by atoms with Crippen LogP contribution < -0.4 is 0 Å². The molecule has 0 bridgehead atoms. The number of fused-ring (bicyclic) bond motifs is 1. The van der Waals surface area contributed by atoms with Crippen molar-refractivity contribution in [3.05, 3.63) is 83.2 Å². The summed E-state index contributed by atoms with van der Waals surface area (Å²) in [5, 5.41) is 12.0. The number of carbonyl (C=O) groups excluding carboxylic acids is 1. The first-order chi connectivity index (χ1) is 15.1. The van der Waals surface area contributed by atoms with Crippen molar-refractivity contribution in [1.29, 1.82) is 0 Å². The SMILES string of the molecule is Cc1ccc(-n2c(Cc3cccc4ccccc34)nnc2SC2CCOC2=O)c(C)c1. The van der Waals surface area contributed by atoms with Crippen LogP contribution in [-0.4, -0.2) is 32.6 Å². The first kappa shape index (κ1) is 19.8. The van der Waals surface area contributed by atoms with Crippen molar-refractivity contribution in [3.8, 4) is 5.69 Å². The second-order valence-corrected chi connectivity index (χ2v) is 9.07. The summed E-state index contributed by atoms with van der Waals surface area (Å²) in [5.74, 6) is 0.688. The number of esters is 1. The number of thioether (sulfide) groups is 1. The number of hydrogen-bond acceptors (Lipinski definition) is 5. The first-order valence-corrected chi connectivity index (χ1v) is 11.3. The average molecular weight is 430 g/mol. The summed E-state index contributed by atoms with van der Waals surface area (Å²) in [5.41, 5.74) is 4.60. The van der Waals surface area contributed by atoms with E-state index in [4.69, 9.17) is 4.74 Å². The third-order valence-corrected chi connectivity index (χ3v) is 6.84. The van der Waals surface area contributed by atoms with Crippen LogP contribution in [0.15, 0.2) is 65.8 Å². The molecule has 1 fully saturated rings. The zero-order valence-electron chi connectivity index (χ0n) is 17.5. The molecule has 1 atom stereocenters. The molecule has 0 spiro atoms. The van der Waals surface area contributed by atoms with Gasteiger partial charge in [0.2, 0.25) is 0 Å². The van der Waals surface area contributed by atoms with Gasteiger partial charge in [0.25, 0.3) is 0 Å². The minimum Gasteiger partial charge on any atom is -0.465 e. The third-order valence-electron chi connectivity index (χ3n) is 5.66. The molecule has 0 amide bonds. The van der Waals surface area contributed by atoms with Gasteiger partial charge in [0.1, 0.15) is 11.1 Å². The van der Waals surface area contributed by atoms with Crippen LogP contribution >= 0.6 is 11.8 Å². The Morgan fingerprint density at radius 1 is 1.06 bits per heavy atom. The van der Waals surface area contributed by atoms with Crippen molar-refractivity contribution in [1.82, 2.24) is 14.8 Å². The summed E-state index contributed by atoms with van der Waals surface area (Å²) in [6, 6.07) is 21.1. The smallest absolute Gasteiger partial charge is 0.319 e. The lowest BCUT2D eigenvalue weighted by molar-refractivity contribution is -0.137. The highest BCUT2D eigenvalue weighted by molar-refractivity contribution is 8.00. The molecule has 156 valence electrons. The predicted octanol–water partition coefficient (Wildman–Crippen LogP) is 5.04. The van der Waals surface area contributed by atoms with Gasteiger partial charge in [-0.1, -0.05) is 71.9 Å². The van der Waals surface area contributed by atoms with Crippen LogP contribution in [0.2, 0.25) is 0 Å². The molecule has 0 aliphatic carbocycles. The Balaban J connectivity index is 1.60. The van der Waals surface area contributed by atoms with E-state index in [0.29, 0.717) is 19.4 Å². The number of aryl methyl sites for hydroxylation is 2. The Morgan fingerprint density at radius 3 is 2.71 bits per heavy atom. The fourth-order valence-electron chi connectivity index (χ4n) is 4.12. The van der Waals surface area contributed by atoms with Crippen molar-refractivity contribution in [3.63, 3.8) is 0 Å². The number of cyclic esters (lactones) is 1. The minimum absolute atomic E-state index is 0.171. The first-order valence-electron chi connectivity index (χ1n) is 10.4. The highest BCUT2D eigenvalue weighted by Gasteiger charge is 2.30. The van der Waals surface area contributed by atoms with Crippen molar-refractivity contribution in [2.24, 2.45) is 0 Å². The molecule has 1 saturated heterocycles. The summed E-state index contributed by atoms with van der Waals surface area (Å²) in [7, 11) is 0. The Bertz CT molecular complexity index is 1280. The molecule has 5 rings (SSSR count). The topological polar surface area (TPSA) is 57.0 Å². The molecule has 1 aromatic heterocycles. The van der Waals surface area contributed by atoms with Gasteiger partial charge in [0, 0.05) is 12.8 Å². The van der Waals surface area contributed by atoms with Crippen molar-refractivity contribution in [2.45, 2.75) is 37.1 Å². The molecule has 31 heavy (non-hydrogen) atoms. The van der Waals surface area contributed by atoms with Crippen LogP contribution in [0.4, 0.5) is 0 Å². The molecule has 6 heteroatoms. The van der Waals surface area contributed by atoms with Crippen LogP contribution in [0.1, 0.15) is 28.9 Å². The van der Waals surface area contributed by atoms with Gasteiger partial charge in [-0.15, -0.1) is 10.2 Å². The second-order valence-electron chi connectivity index (χ2n) is 7.90. The van der Waals surface area contributed by atoms with E-state index < -0.39 is 0 Å². The van der Waals surface area contributed by atoms with Crippen molar-refractivity contribution >= 4 is 28.5 Å². The molecule has 5 nitrogen and oxygen atoms in total. The monoisotopic (exact) mass is 429 g/mol. The number of ether oxygens (including phenoxy) is 1. The van der Waals surface area contributed by atoms with Gasteiger partial charge in [-0.05, 0) is 41.8 Å². The van der Waals surface area contributed by atoms with E-state index >= 15 is 0 Å². The van der Waals surface area contributed by atoms with Crippen LogP contribution in [0.5, 0.6) is 0 Å². The van der Waals surface area contributed by atoms with Gasteiger partial charge < -0.3 is 4.74 Å². The standard InChI is InChI=1S/C25H23N3O2S/c1-16-10-11-21(17(2)14-16)28-23(26-27-25(28)31-22-12-13-30-24(22)29)15-19-8-5-7-18-6-3-4-9-20(18)19/h3-11,14,22H,12-13,15H2,1-2H3. The zero-order valence-corrected chi connectivity index (χ0v) is 18.4. The van der Waals surface area contributed by atoms with E-state index in [2.05, 4.69) is 89.3 Å². The molecule has 3 aromatic carbocycles. The van der Waals surface area contributed by atoms with E-state index in [0.717, 1.165) is 22.2 Å². The Kier molecular flexibility index (Phi) is 5.24. The summed E-state index contributed by atoms with van der Waals surface area (Å²) in [4.78, 5) is 12.1. The molecule has 1 aliphatic rings. The highest BCUT2D eigenvalue weighted by Crippen LogP contribution is 2.32. The van der Waals surface area contributed by atoms with Crippen LogP contribution in [-0.2, 0) is 16.0 Å². The lowest BCUT2D eigenvalue weighted by Crippen LogP contribution is -2.12. The van der Waals surface area contributed by atoms with E-state index in [-0.39, 0.29) is 11.2 Å². The molecule has 0 saturated carbocycles. The van der Waals surface area contributed by atoms with E-state index in [9.17, 15) is 4.79 Å². The van der Waals surface area contributed by atoms with Gasteiger partial charge in [0.05, 0.1) is 12.3 Å². The number of rotatable bonds is 5. The molecule has 1 aliphatic heterocycles. The largest absolute Gasteiger partial charge is 0.465 e. The Hall–Kier alpha value is -3.12. The van der Waals surface area contributed by atoms with Gasteiger partial charge in [-0.3, -0.25) is 9.36 Å². The molecule has 0 radical (unpaired) electrons. The maximum atomic E-state index is 12.1. The van der Waals surface area contributed by atoms with Crippen molar-refractivity contribution < 1.29 is 9.53 Å². The maximum absolute atomic E-state index is 12.1. The lowest BCUT2D eigenvalue weighted by atomic mass is 10.0. The minimum atomic E-state index is -0.237. The summed E-state index contributed by atoms with van der Waals surface area (Å²) >= 11 is 1.44. The molecular formula is C25H23N3O2S. The Labute approximate surface area is 185 Å². The molecule has 2 heterocycles. The highest BCUT2D eigenvalue weighted by atomic mass is 32.2. The number of benzene rings is 3. The van der Waals surface area contributed by atoms with Gasteiger partial charge >= 0.3 is 5.97 Å². The van der Waals surface area contributed by atoms with Gasteiger partial charge in [-0.25, -0.2) is 0 Å². The number of aromatic nitrogens is 3. The maximum Gasteiger partial charge on any atom is 0.319 e. The normalized spacial score (nSPS) is 16.1. The quantitative estimate of drug-likeness (QED) is 0.416. The van der Waals surface area contributed by atoms with Crippen LogP contribution in [0.25, 0.3) is 16.5 Å². The number of carbonyl (C=O) groups is 1. The Morgan fingerprint density at radius 2 is 1.90 bits per heavy atom. The number of hydrogen-bond donors (Lipinski definition) is 0. The fraction of sp³-hybridized carbons (Fsp3) is 0.240. The molecular weight excluding hydrogens is 406 g/mol. The molecule has 4 aromatic rings. The fourth-order valence-corrected chi connectivity index (χ4v) is 5.15. The summed E-state index contributed by atoms with van der Waals surface area (Å²) in [6.07, 6.45) is 1.35. The van der Waals surface area contributed by atoms with Crippen molar-refractivity contribution in [2.75, 3.05) is 6.61 Å². The van der Waals surface area contributed by atoms with E-state index in [1.807, 2.05) is 0 Å². The molecule has 0 N–H and O–H groups in total. The zero-order chi connectivity index (χ0) is 21.4. The average Bonchev–Trinajstić information content (AvgIpc) is 3.35. The van der Waals surface area contributed by atoms with E-state index in [1.165, 1.54) is 33.7 Å².